The standard InChI is InChI=1S/C45H29N3S/c1-4-12-30(13-5-1)31-20-22-32(23-21-31)33-24-26-36(27-25-33)44-46-43(35-16-8-3-9-17-35)47-45(48-44)39-29-28-37(34-14-6-2-7-15-34)42-41(39)38-18-10-11-19-40(38)49-42/h1-29H. The summed E-state index contributed by atoms with van der Waals surface area (Å²) in [5, 5.41) is 2.38. The Morgan fingerprint density at radius 2 is 0.714 bits per heavy atom. The number of hydrogen-bond acceptors (Lipinski definition) is 4. The van der Waals surface area contributed by atoms with Gasteiger partial charge in [0, 0.05) is 36.9 Å². The Labute approximate surface area is 288 Å². The van der Waals surface area contributed by atoms with Crippen molar-refractivity contribution in [1.82, 2.24) is 15.0 Å². The van der Waals surface area contributed by atoms with Crippen molar-refractivity contribution in [3.8, 4) is 67.5 Å². The number of aromatic nitrogens is 3. The minimum atomic E-state index is 0.648. The molecule has 0 fully saturated rings. The van der Waals surface area contributed by atoms with E-state index in [1.54, 1.807) is 0 Å². The molecule has 0 saturated carbocycles. The summed E-state index contributed by atoms with van der Waals surface area (Å²) in [6, 6.07) is 61.5. The van der Waals surface area contributed by atoms with Gasteiger partial charge in [-0.2, -0.15) is 0 Å². The molecule has 0 bridgehead atoms. The molecule has 0 saturated heterocycles. The van der Waals surface area contributed by atoms with Gasteiger partial charge in [0.1, 0.15) is 0 Å². The molecule has 49 heavy (non-hydrogen) atoms. The fraction of sp³-hybridized carbons (Fsp3) is 0. The summed E-state index contributed by atoms with van der Waals surface area (Å²) in [6.07, 6.45) is 0. The van der Waals surface area contributed by atoms with Crippen LogP contribution in [0, 0.1) is 0 Å². The maximum absolute atomic E-state index is 5.17. The van der Waals surface area contributed by atoms with Crippen LogP contribution in [0.3, 0.4) is 0 Å². The van der Waals surface area contributed by atoms with Crippen LogP contribution in [0.15, 0.2) is 176 Å². The van der Waals surface area contributed by atoms with Crippen molar-refractivity contribution in [2.75, 3.05) is 0 Å². The zero-order chi connectivity index (χ0) is 32.6. The van der Waals surface area contributed by atoms with Crippen LogP contribution in [0.2, 0.25) is 0 Å². The molecule has 230 valence electrons. The summed E-state index contributed by atoms with van der Waals surface area (Å²) in [4.78, 5) is 15.3. The van der Waals surface area contributed by atoms with Crippen LogP contribution in [0.5, 0.6) is 0 Å². The second-order valence-electron chi connectivity index (χ2n) is 12.0. The van der Waals surface area contributed by atoms with E-state index in [0.717, 1.165) is 27.8 Å². The lowest BCUT2D eigenvalue weighted by Crippen LogP contribution is -2.00. The Kier molecular flexibility index (Phi) is 7.34. The Balaban J connectivity index is 1.17. The van der Waals surface area contributed by atoms with Gasteiger partial charge in [-0.25, -0.2) is 15.0 Å². The molecule has 2 aromatic heterocycles. The molecule has 4 heteroatoms. The summed E-state index contributed by atoms with van der Waals surface area (Å²) >= 11 is 1.82. The van der Waals surface area contributed by atoms with Crippen LogP contribution in [0.1, 0.15) is 0 Å². The van der Waals surface area contributed by atoms with Gasteiger partial charge in [-0.1, -0.05) is 164 Å². The van der Waals surface area contributed by atoms with Crippen LogP contribution >= 0.6 is 11.3 Å². The van der Waals surface area contributed by atoms with Gasteiger partial charge in [0.2, 0.25) is 0 Å². The third kappa shape index (κ3) is 5.48. The number of thiophene rings is 1. The molecule has 0 radical (unpaired) electrons. The lowest BCUT2D eigenvalue weighted by molar-refractivity contribution is 1.08. The number of fused-ring (bicyclic) bond motifs is 3. The monoisotopic (exact) mass is 643 g/mol. The van der Waals surface area contributed by atoms with E-state index in [4.69, 9.17) is 15.0 Å². The average molecular weight is 644 g/mol. The first kappa shape index (κ1) is 29.0. The van der Waals surface area contributed by atoms with Crippen molar-refractivity contribution >= 4 is 31.5 Å². The average Bonchev–Trinajstić information content (AvgIpc) is 3.58. The van der Waals surface area contributed by atoms with Gasteiger partial charge in [0.25, 0.3) is 0 Å². The number of hydrogen-bond donors (Lipinski definition) is 0. The predicted molar refractivity (Wildman–Crippen MR) is 205 cm³/mol. The summed E-state index contributed by atoms with van der Waals surface area (Å²) < 4.78 is 2.47. The second kappa shape index (κ2) is 12.4. The van der Waals surface area contributed by atoms with Crippen molar-refractivity contribution in [2.24, 2.45) is 0 Å². The predicted octanol–water partition coefficient (Wildman–Crippen LogP) is 12.2. The maximum atomic E-state index is 5.17. The minimum Gasteiger partial charge on any atom is -0.208 e. The molecule has 0 spiro atoms. The zero-order valence-corrected chi connectivity index (χ0v) is 27.3. The molecular weight excluding hydrogens is 615 g/mol. The topological polar surface area (TPSA) is 38.7 Å². The van der Waals surface area contributed by atoms with E-state index >= 15 is 0 Å². The summed E-state index contributed by atoms with van der Waals surface area (Å²) in [5.41, 5.74) is 10.0. The van der Waals surface area contributed by atoms with Gasteiger partial charge < -0.3 is 0 Å². The molecule has 0 amide bonds. The second-order valence-corrected chi connectivity index (χ2v) is 13.1. The lowest BCUT2D eigenvalue weighted by Gasteiger charge is -2.12. The quantitative estimate of drug-likeness (QED) is 0.181. The lowest BCUT2D eigenvalue weighted by atomic mass is 9.98. The summed E-state index contributed by atoms with van der Waals surface area (Å²) in [7, 11) is 0. The van der Waals surface area contributed by atoms with E-state index < -0.39 is 0 Å². The molecule has 0 unspecified atom stereocenters. The normalized spacial score (nSPS) is 11.3. The Bertz CT molecular complexity index is 2560. The molecule has 0 aliphatic heterocycles. The van der Waals surface area contributed by atoms with Gasteiger partial charge in [-0.3, -0.25) is 0 Å². The van der Waals surface area contributed by atoms with Crippen molar-refractivity contribution in [3.63, 3.8) is 0 Å². The van der Waals surface area contributed by atoms with E-state index in [1.807, 2.05) is 35.6 Å². The number of nitrogens with zero attached hydrogens (tertiary/aromatic N) is 3. The van der Waals surface area contributed by atoms with Crippen LogP contribution in [0.25, 0.3) is 87.7 Å². The molecule has 9 rings (SSSR count). The van der Waals surface area contributed by atoms with E-state index in [2.05, 4.69) is 152 Å². The Hall–Kier alpha value is -6.23. The van der Waals surface area contributed by atoms with Crippen LogP contribution in [-0.4, -0.2) is 15.0 Å². The fourth-order valence-electron chi connectivity index (χ4n) is 6.50. The van der Waals surface area contributed by atoms with Crippen molar-refractivity contribution < 1.29 is 0 Å². The maximum Gasteiger partial charge on any atom is 0.164 e. The molecular formula is C45H29N3S. The third-order valence-electron chi connectivity index (χ3n) is 8.99. The van der Waals surface area contributed by atoms with Crippen molar-refractivity contribution in [3.05, 3.63) is 176 Å². The molecule has 2 heterocycles. The van der Waals surface area contributed by atoms with Gasteiger partial charge in [0.15, 0.2) is 17.5 Å². The third-order valence-corrected chi connectivity index (χ3v) is 10.2. The highest BCUT2D eigenvalue weighted by Crippen LogP contribution is 2.44. The van der Waals surface area contributed by atoms with Crippen LogP contribution in [0.4, 0.5) is 0 Å². The first-order valence-electron chi connectivity index (χ1n) is 16.4. The molecule has 0 aliphatic rings. The smallest absolute Gasteiger partial charge is 0.164 e. The van der Waals surface area contributed by atoms with E-state index in [9.17, 15) is 0 Å². The highest BCUT2D eigenvalue weighted by Gasteiger charge is 2.19. The summed E-state index contributed by atoms with van der Waals surface area (Å²) in [6.45, 7) is 0. The Morgan fingerprint density at radius 1 is 0.306 bits per heavy atom. The van der Waals surface area contributed by atoms with E-state index in [-0.39, 0.29) is 0 Å². The van der Waals surface area contributed by atoms with Gasteiger partial charge in [-0.05, 0) is 45.5 Å². The first-order chi connectivity index (χ1) is 24.3. The van der Waals surface area contributed by atoms with E-state index in [0.29, 0.717) is 17.5 Å². The zero-order valence-electron chi connectivity index (χ0n) is 26.5. The molecule has 7 aromatic carbocycles. The SMILES string of the molecule is c1ccc(-c2ccc(-c3ccc(-c4nc(-c5ccccc5)nc(-c5ccc(-c6ccccc6)c6sc7ccccc7c56)n4)cc3)cc2)cc1. The van der Waals surface area contributed by atoms with Crippen molar-refractivity contribution in [1.29, 1.82) is 0 Å². The number of rotatable bonds is 6. The molecule has 3 nitrogen and oxygen atoms in total. The van der Waals surface area contributed by atoms with E-state index in [1.165, 1.54) is 42.4 Å². The summed E-state index contributed by atoms with van der Waals surface area (Å²) in [5.74, 6) is 1.97. The number of benzene rings is 7. The molecule has 9 aromatic rings. The van der Waals surface area contributed by atoms with Gasteiger partial charge >= 0.3 is 0 Å². The molecule has 0 atom stereocenters. The van der Waals surface area contributed by atoms with Crippen LogP contribution in [-0.2, 0) is 0 Å². The highest BCUT2D eigenvalue weighted by molar-refractivity contribution is 7.26. The molecule has 0 aliphatic carbocycles. The molecule has 0 N–H and O–H groups in total. The van der Waals surface area contributed by atoms with Crippen LogP contribution < -0.4 is 0 Å². The highest BCUT2D eigenvalue weighted by atomic mass is 32.1. The van der Waals surface area contributed by atoms with Crippen molar-refractivity contribution in [2.45, 2.75) is 0 Å². The van der Waals surface area contributed by atoms with Gasteiger partial charge in [0.05, 0.1) is 0 Å². The first-order valence-corrected chi connectivity index (χ1v) is 17.2. The minimum absolute atomic E-state index is 0.648. The fourth-order valence-corrected chi connectivity index (χ4v) is 7.76. The Morgan fingerprint density at radius 3 is 1.31 bits per heavy atom. The van der Waals surface area contributed by atoms with Gasteiger partial charge in [-0.15, -0.1) is 11.3 Å². The largest absolute Gasteiger partial charge is 0.208 e.